The molecule has 1 aromatic heterocycles. The van der Waals surface area contributed by atoms with E-state index in [1.807, 2.05) is 13.8 Å². The lowest BCUT2D eigenvalue weighted by atomic mass is 9.98. The van der Waals surface area contributed by atoms with Gasteiger partial charge in [0.05, 0.1) is 12.1 Å². The maximum Gasteiger partial charge on any atom is 0.413 e. The average Bonchev–Trinajstić information content (AvgIpc) is 2.66. The molecule has 1 heterocycles. The molecule has 2 rings (SSSR count). The smallest absolute Gasteiger partial charge is 0.384 e. The van der Waals surface area contributed by atoms with Crippen molar-refractivity contribution in [2.45, 2.75) is 38.5 Å². The number of nitrogens with two attached hydrogens (primary N) is 2. The maximum atomic E-state index is 14.0. The Kier molecular flexibility index (Phi) is 7.40. The van der Waals surface area contributed by atoms with Crippen LogP contribution in [0.3, 0.4) is 0 Å². The number of alkyl halides is 3. The van der Waals surface area contributed by atoms with Gasteiger partial charge in [-0.3, -0.25) is 4.79 Å². The number of anilines is 1. The number of nitrogens with zero attached hydrogens (tertiary/aromatic N) is 3. The van der Waals surface area contributed by atoms with E-state index in [4.69, 9.17) is 16.7 Å². The van der Waals surface area contributed by atoms with Gasteiger partial charge in [0.2, 0.25) is 5.91 Å². The molecule has 160 valence electrons. The van der Waals surface area contributed by atoms with E-state index in [0.29, 0.717) is 21.8 Å². The Labute approximate surface area is 173 Å². The highest BCUT2D eigenvalue weighted by atomic mass is 19.4. The Balaban J connectivity index is 2.41. The molecule has 9 heteroatoms. The Bertz CT molecular complexity index is 889. The summed E-state index contributed by atoms with van der Waals surface area (Å²) < 4.78 is 41.9. The first-order valence-corrected chi connectivity index (χ1v) is 9.36. The number of halogens is 3. The summed E-state index contributed by atoms with van der Waals surface area (Å²) in [5.74, 6) is -0.555. The van der Waals surface area contributed by atoms with Crippen molar-refractivity contribution in [3.63, 3.8) is 0 Å². The van der Waals surface area contributed by atoms with E-state index in [-0.39, 0.29) is 17.9 Å². The molecule has 0 fully saturated rings. The van der Waals surface area contributed by atoms with Crippen molar-refractivity contribution in [2.24, 2.45) is 11.7 Å². The Hall–Kier alpha value is -3.12. The summed E-state index contributed by atoms with van der Waals surface area (Å²) in [6.07, 6.45) is -3.05. The van der Waals surface area contributed by atoms with Gasteiger partial charge < -0.3 is 16.4 Å². The lowest BCUT2D eigenvalue weighted by Crippen LogP contribution is -2.49. The zero-order valence-electron chi connectivity index (χ0n) is 16.7. The van der Waals surface area contributed by atoms with Crippen LogP contribution in [0.25, 0.3) is 11.1 Å². The van der Waals surface area contributed by atoms with Crippen LogP contribution in [0.15, 0.2) is 42.6 Å². The molecule has 2 aromatic rings. The fourth-order valence-electron chi connectivity index (χ4n) is 3.17. The molecule has 0 bridgehead atoms. The van der Waals surface area contributed by atoms with Gasteiger partial charge >= 0.3 is 6.18 Å². The number of carbonyl (C=O) groups excluding carboxylic acids is 1. The van der Waals surface area contributed by atoms with Crippen molar-refractivity contribution in [2.75, 3.05) is 12.3 Å². The average molecular weight is 419 g/mol. The van der Waals surface area contributed by atoms with Crippen LogP contribution in [-0.2, 0) is 4.79 Å². The predicted molar refractivity (Wildman–Crippen MR) is 108 cm³/mol. The minimum absolute atomic E-state index is 0.0185. The zero-order chi connectivity index (χ0) is 22.5. The number of rotatable bonds is 7. The van der Waals surface area contributed by atoms with Gasteiger partial charge in [0, 0.05) is 11.8 Å². The molecule has 1 amide bonds. The van der Waals surface area contributed by atoms with Gasteiger partial charge in [0.1, 0.15) is 12.4 Å². The highest BCUT2D eigenvalue weighted by molar-refractivity contribution is 5.82. The molecule has 0 spiro atoms. The first-order valence-electron chi connectivity index (χ1n) is 9.36. The minimum atomic E-state index is -4.78. The summed E-state index contributed by atoms with van der Waals surface area (Å²) in [5, 5.41) is 9.06. The van der Waals surface area contributed by atoms with Crippen LogP contribution < -0.4 is 11.5 Å². The molecule has 30 heavy (non-hydrogen) atoms. The summed E-state index contributed by atoms with van der Waals surface area (Å²) in [4.78, 5) is 17.2. The van der Waals surface area contributed by atoms with Crippen molar-refractivity contribution in [3.05, 3.63) is 48.2 Å². The molecule has 1 aromatic carbocycles. The highest BCUT2D eigenvalue weighted by Gasteiger charge is 2.47. The summed E-state index contributed by atoms with van der Waals surface area (Å²) in [6.45, 7) is 2.90. The fourth-order valence-corrected chi connectivity index (χ4v) is 3.17. The third-order valence-corrected chi connectivity index (χ3v) is 4.53. The van der Waals surface area contributed by atoms with Gasteiger partial charge in [-0.2, -0.15) is 18.4 Å². The molecule has 0 aliphatic carbocycles. The normalized spacial score (nSPS) is 13.5. The molecule has 0 saturated carbocycles. The standard InChI is InChI=1S/C21H24F3N5O/c1-13(2)11-17(26)20(30)29(10-9-25)19(21(22,23)24)15-5-3-14(4-6-15)16-7-8-18(27)28-12-16/h3-8,12-13,17,19H,10-11,26H2,1-2H3,(H2,27,28)/t17-,19-/m0/s1. The van der Waals surface area contributed by atoms with Crippen LogP contribution in [0.1, 0.15) is 31.9 Å². The van der Waals surface area contributed by atoms with E-state index in [1.54, 1.807) is 18.2 Å². The largest absolute Gasteiger partial charge is 0.413 e. The van der Waals surface area contributed by atoms with Crippen molar-refractivity contribution >= 4 is 11.7 Å². The van der Waals surface area contributed by atoms with Crippen LogP contribution in [0, 0.1) is 17.2 Å². The molecule has 0 saturated heterocycles. The maximum absolute atomic E-state index is 14.0. The third kappa shape index (κ3) is 5.70. The summed E-state index contributed by atoms with van der Waals surface area (Å²) in [7, 11) is 0. The summed E-state index contributed by atoms with van der Waals surface area (Å²) in [6, 6.07) is 7.13. The first kappa shape index (κ1) is 23.2. The molecule has 4 N–H and O–H groups in total. The topological polar surface area (TPSA) is 109 Å². The molecular formula is C21H24F3N5O. The number of hydrogen-bond donors (Lipinski definition) is 2. The third-order valence-electron chi connectivity index (χ3n) is 4.53. The predicted octanol–water partition coefficient (Wildman–Crippen LogP) is 3.66. The second-order valence-electron chi connectivity index (χ2n) is 7.40. The summed E-state index contributed by atoms with van der Waals surface area (Å²) >= 11 is 0. The number of benzene rings is 1. The second-order valence-corrected chi connectivity index (χ2v) is 7.40. The molecule has 6 nitrogen and oxygen atoms in total. The molecule has 0 aliphatic rings. The monoisotopic (exact) mass is 419 g/mol. The number of pyridine rings is 1. The molecule has 0 aliphatic heterocycles. The van der Waals surface area contributed by atoms with E-state index in [2.05, 4.69) is 4.98 Å². The van der Waals surface area contributed by atoms with Crippen LogP contribution in [-0.4, -0.2) is 34.6 Å². The lowest BCUT2D eigenvalue weighted by molar-refractivity contribution is -0.191. The molecule has 0 radical (unpaired) electrons. The van der Waals surface area contributed by atoms with Crippen LogP contribution in [0.2, 0.25) is 0 Å². The number of nitriles is 1. The van der Waals surface area contributed by atoms with Crippen LogP contribution in [0.4, 0.5) is 19.0 Å². The zero-order valence-corrected chi connectivity index (χ0v) is 16.7. The van der Waals surface area contributed by atoms with E-state index in [0.717, 1.165) is 0 Å². The molecule has 2 atom stereocenters. The Morgan fingerprint density at radius 1 is 1.17 bits per heavy atom. The Morgan fingerprint density at radius 3 is 2.23 bits per heavy atom. The van der Waals surface area contributed by atoms with Gasteiger partial charge in [-0.25, -0.2) is 4.98 Å². The van der Waals surface area contributed by atoms with Gasteiger partial charge in [-0.1, -0.05) is 38.1 Å². The van der Waals surface area contributed by atoms with Crippen molar-refractivity contribution < 1.29 is 18.0 Å². The molecule has 0 unspecified atom stereocenters. The lowest BCUT2D eigenvalue weighted by Gasteiger charge is -2.33. The minimum Gasteiger partial charge on any atom is -0.384 e. The Morgan fingerprint density at radius 2 is 1.77 bits per heavy atom. The fraction of sp³-hybridized carbons (Fsp3) is 0.381. The highest BCUT2D eigenvalue weighted by Crippen LogP contribution is 2.38. The number of nitrogen functional groups attached to an aromatic ring is 1. The molecular weight excluding hydrogens is 395 g/mol. The number of carbonyl (C=O) groups is 1. The van der Waals surface area contributed by atoms with Gasteiger partial charge in [-0.15, -0.1) is 0 Å². The second kappa shape index (κ2) is 9.59. The van der Waals surface area contributed by atoms with E-state index < -0.39 is 30.7 Å². The van der Waals surface area contributed by atoms with Crippen LogP contribution in [0.5, 0.6) is 0 Å². The van der Waals surface area contributed by atoms with Crippen LogP contribution >= 0.6 is 0 Å². The van der Waals surface area contributed by atoms with E-state index >= 15 is 0 Å². The first-order chi connectivity index (χ1) is 14.0. The van der Waals surface area contributed by atoms with Crippen molar-refractivity contribution in [3.8, 4) is 17.2 Å². The number of hydrogen-bond acceptors (Lipinski definition) is 5. The van der Waals surface area contributed by atoms with Gasteiger partial charge in [-0.05, 0) is 35.6 Å². The van der Waals surface area contributed by atoms with E-state index in [9.17, 15) is 18.0 Å². The van der Waals surface area contributed by atoms with Crippen molar-refractivity contribution in [1.82, 2.24) is 9.88 Å². The summed E-state index contributed by atoms with van der Waals surface area (Å²) in [5.41, 5.74) is 12.6. The SMILES string of the molecule is CC(C)C[C@H](N)C(=O)N(CC#N)[C@@H](c1ccc(-c2ccc(N)nc2)cc1)C(F)(F)F. The van der Waals surface area contributed by atoms with Crippen molar-refractivity contribution in [1.29, 1.82) is 5.26 Å². The van der Waals surface area contributed by atoms with Gasteiger partial charge in [0.25, 0.3) is 0 Å². The number of amides is 1. The van der Waals surface area contributed by atoms with E-state index in [1.165, 1.54) is 30.5 Å². The quantitative estimate of drug-likeness (QED) is 0.666. The van der Waals surface area contributed by atoms with Gasteiger partial charge in [0.15, 0.2) is 6.04 Å². The number of aromatic nitrogens is 1.